The van der Waals surface area contributed by atoms with Crippen molar-refractivity contribution in [3.05, 3.63) is 69.0 Å². The van der Waals surface area contributed by atoms with E-state index >= 15 is 0 Å². The Balaban J connectivity index is 1.58. The van der Waals surface area contributed by atoms with Gasteiger partial charge in [-0.2, -0.15) is 4.37 Å². The predicted octanol–water partition coefficient (Wildman–Crippen LogP) is 5.06. The number of hydrogen-bond donors (Lipinski definition) is 1. The van der Waals surface area contributed by atoms with E-state index < -0.39 is 0 Å². The zero-order valence-electron chi connectivity index (χ0n) is 17.1. The Bertz CT molecular complexity index is 1350. The first-order chi connectivity index (χ1) is 14.8. The Morgan fingerprint density at radius 2 is 1.94 bits per heavy atom. The molecule has 0 saturated carbocycles. The van der Waals surface area contributed by atoms with Crippen molar-refractivity contribution in [3.63, 3.8) is 0 Å². The molecule has 4 aromatic rings. The first-order valence-electron chi connectivity index (χ1n) is 9.45. The maximum Gasteiger partial charge on any atom is 0.273 e. The number of fused-ring (bicyclic) bond motifs is 1. The number of carbonyl (C=O) groups excluding carboxylic acids is 1. The molecule has 0 unspecified atom stereocenters. The molecular formula is C22H19ClN4O2S2. The van der Waals surface area contributed by atoms with E-state index in [4.69, 9.17) is 11.6 Å². The van der Waals surface area contributed by atoms with Crippen LogP contribution in [0.15, 0.2) is 52.4 Å². The molecule has 1 N–H and O–H groups in total. The van der Waals surface area contributed by atoms with E-state index in [1.165, 1.54) is 16.3 Å². The number of nitrogens with one attached hydrogen (secondary N) is 1. The van der Waals surface area contributed by atoms with Gasteiger partial charge in [-0.15, -0.1) is 0 Å². The molecule has 2 aromatic heterocycles. The van der Waals surface area contributed by atoms with Gasteiger partial charge in [-0.1, -0.05) is 59.3 Å². The molecule has 0 atom stereocenters. The molecule has 0 saturated heterocycles. The summed E-state index contributed by atoms with van der Waals surface area (Å²) in [5.41, 5.74) is 4.68. The summed E-state index contributed by atoms with van der Waals surface area (Å²) in [5, 5.41) is 3.87. The standard InChI is InChI=1S/C22H19ClN4O2S2/c1-12-4-7-14(8-5-12)18-19-20(31-26-18)21(29)27(3)22(25-19)30-11-17(28)24-15-9-6-13(2)16(23)10-15/h4-10H,11H2,1-3H3,(H,24,28). The van der Waals surface area contributed by atoms with Crippen LogP contribution in [0.2, 0.25) is 5.02 Å². The SMILES string of the molecule is Cc1ccc(-c2nsc3c(=O)n(C)c(SCC(=O)Nc4ccc(C)c(Cl)c4)nc23)cc1. The smallest absolute Gasteiger partial charge is 0.273 e. The molecule has 31 heavy (non-hydrogen) atoms. The largest absolute Gasteiger partial charge is 0.325 e. The zero-order chi connectivity index (χ0) is 22.1. The summed E-state index contributed by atoms with van der Waals surface area (Å²) >= 11 is 8.47. The van der Waals surface area contributed by atoms with Gasteiger partial charge in [-0.25, -0.2) is 4.98 Å². The lowest BCUT2D eigenvalue weighted by Gasteiger charge is -2.09. The topological polar surface area (TPSA) is 76.9 Å². The minimum atomic E-state index is -0.207. The molecule has 0 radical (unpaired) electrons. The second-order valence-electron chi connectivity index (χ2n) is 7.13. The van der Waals surface area contributed by atoms with Gasteiger partial charge in [0.2, 0.25) is 5.91 Å². The van der Waals surface area contributed by atoms with Gasteiger partial charge >= 0.3 is 0 Å². The van der Waals surface area contributed by atoms with Gasteiger partial charge in [-0.3, -0.25) is 14.2 Å². The van der Waals surface area contributed by atoms with Crippen LogP contribution in [0.3, 0.4) is 0 Å². The van der Waals surface area contributed by atoms with E-state index in [1.54, 1.807) is 19.2 Å². The molecular weight excluding hydrogens is 452 g/mol. The van der Waals surface area contributed by atoms with Crippen molar-refractivity contribution in [1.82, 2.24) is 13.9 Å². The summed E-state index contributed by atoms with van der Waals surface area (Å²) in [6.45, 7) is 3.91. The van der Waals surface area contributed by atoms with Crippen LogP contribution in [-0.2, 0) is 11.8 Å². The quantitative estimate of drug-likeness (QED) is 0.326. The minimum Gasteiger partial charge on any atom is -0.325 e. The molecule has 9 heteroatoms. The van der Waals surface area contributed by atoms with E-state index in [9.17, 15) is 9.59 Å². The van der Waals surface area contributed by atoms with Crippen LogP contribution in [0.4, 0.5) is 5.69 Å². The van der Waals surface area contributed by atoms with E-state index in [0.29, 0.717) is 31.8 Å². The molecule has 4 rings (SSSR count). The highest BCUT2D eigenvalue weighted by molar-refractivity contribution is 7.99. The Labute approximate surface area is 192 Å². The van der Waals surface area contributed by atoms with Crippen molar-refractivity contribution in [2.75, 3.05) is 11.1 Å². The number of nitrogens with zero attached hydrogens (tertiary/aromatic N) is 3. The van der Waals surface area contributed by atoms with Crippen LogP contribution < -0.4 is 10.9 Å². The van der Waals surface area contributed by atoms with Crippen LogP contribution in [-0.4, -0.2) is 25.6 Å². The van der Waals surface area contributed by atoms with Gasteiger partial charge in [0.15, 0.2) is 5.16 Å². The normalized spacial score (nSPS) is 11.1. The van der Waals surface area contributed by atoms with Crippen LogP contribution in [0.1, 0.15) is 11.1 Å². The fraction of sp³-hybridized carbons (Fsp3) is 0.182. The third-order valence-corrected chi connectivity index (χ3v) is 7.04. The Morgan fingerprint density at radius 3 is 2.65 bits per heavy atom. The number of benzene rings is 2. The number of anilines is 1. The van der Waals surface area contributed by atoms with Gasteiger partial charge in [0, 0.05) is 23.3 Å². The van der Waals surface area contributed by atoms with Crippen LogP contribution in [0.5, 0.6) is 0 Å². The molecule has 0 bridgehead atoms. The number of hydrogen-bond acceptors (Lipinski definition) is 6. The molecule has 2 aromatic carbocycles. The summed E-state index contributed by atoms with van der Waals surface area (Å²) in [5.74, 6) is -0.101. The van der Waals surface area contributed by atoms with Gasteiger partial charge in [0.05, 0.1) is 5.75 Å². The molecule has 0 aliphatic rings. The van der Waals surface area contributed by atoms with Crippen LogP contribution in [0, 0.1) is 13.8 Å². The molecule has 6 nitrogen and oxygen atoms in total. The van der Waals surface area contributed by atoms with E-state index in [2.05, 4.69) is 14.7 Å². The summed E-state index contributed by atoms with van der Waals surface area (Å²) in [7, 11) is 1.65. The number of halogens is 1. The van der Waals surface area contributed by atoms with Gasteiger partial charge in [0.25, 0.3) is 5.56 Å². The van der Waals surface area contributed by atoms with Crippen LogP contribution in [0.25, 0.3) is 21.5 Å². The maximum atomic E-state index is 12.8. The van der Waals surface area contributed by atoms with Crippen molar-refractivity contribution < 1.29 is 4.79 Å². The fourth-order valence-electron chi connectivity index (χ4n) is 2.97. The van der Waals surface area contributed by atoms with E-state index in [1.807, 2.05) is 44.2 Å². The van der Waals surface area contributed by atoms with Crippen molar-refractivity contribution in [2.45, 2.75) is 19.0 Å². The highest BCUT2D eigenvalue weighted by atomic mass is 35.5. The minimum absolute atomic E-state index is 0.106. The lowest BCUT2D eigenvalue weighted by Crippen LogP contribution is -2.20. The zero-order valence-corrected chi connectivity index (χ0v) is 19.5. The Hall–Kier alpha value is -2.68. The molecule has 2 heterocycles. The summed E-state index contributed by atoms with van der Waals surface area (Å²) in [4.78, 5) is 29.9. The van der Waals surface area contributed by atoms with E-state index in [0.717, 1.165) is 28.2 Å². The molecule has 0 spiro atoms. The number of amides is 1. The summed E-state index contributed by atoms with van der Waals surface area (Å²) in [6, 6.07) is 13.3. The average Bonchev–Trinajstić information content (AvgIpc) is 3.17. The average molecular weight is 471 g/mol. The Morgan fingerprint density at radius 1 is 1.19 bits per heavy atom. The maximum absolute atomic E-state index is 12.8. The van der Waals surface area contributed by atoms with Gasteiger partial charge in [-0.05, 0) is 43.1 Å². The second-order valence-corrected chi connectivity index (χ2v) is 9.26. The number of rotatable bonds is 5. The molecule has 158 valence electrons. The number of aryl methyl sites for hydroxylation is 2. The number of thioether (sulfide) groups is 1. The third-order valence-electron chi connectivity index (χ3n) is 4.77. The first kappa shape index (κ1) is 21.5. The molecule has 0 aliphatic carbocycles. The van der Waals surface area contributed by atoms with E-state index in [-0.39, 0.29) is 17.2 Å². The molecule has 0 aliphatic heterocycles. The predicted molar refractivity (Wildman–Crippen MR) is 128 cm³/mol. The van der Waals surface area contributed by atoms with Gasteiger partial charge in [0.1, 0.15) is 15.9 Å². The fourth-order valence-corrected chi connectivity index (χ4v) is 4.73. The number of carbonyl (C=O) groups is 1. The lowest BCUT2D eigenvalue weighted by atomic mass is 10.1. The van der Waals surface area contributed by atoms with Crippen LogP contribution >= 0.6 is 34.9 Å². The monoisotopic (exact) mass is 470 g/mol. The van der Waals surface area contributed by atoms with Crippen molar-refractivity contribution in [3.8, 4) is 11.3 Å². The van der Waals surface area contributed by atoms with Crippen molar-refractivity contribution >= 4 is 56.7 Å². The Kier molecular flexibility index (Phi) is 6.13. The first-order valence-corrected chi connectivity index (χ1v) is 11.6. The second kappa shape index (κ2) is 8.82. The lowest BCUT2D eigenvalue weighted by molar-refractivity contribution is -0.113. The summed E-state index contributed by atoms with van der Waals surface area (Å²) in [6.07, 6.45) is 0. The number of aromatic nitrogens is 3. The van der Waals surface area contributed by atoms with Gasteiger partial charge < -0.3 is 5.32 Å². The molecule has 1 amide bonds. The summed E-state index contributed by atoms with van der Waals surface area (Å²) < 4.78 is 6.43. The molecule has 0 fully saturated rings. The van der Waals surface area contributed by atoms with Crippen molar-refractivity contribution in [1.29, 1.82) is 0 Å². The van der Waals surface area contributed by atoms with Crippen molar-refractivity contribution in [2.24, 2.45) is 7.05 Å². The highest BCUT2D eigenvalue weighted by Gasteiger charge is 2.17. The third kappa shape index (κ3) is 4.51. The highest BCUT2D eigenvalue weighted by Crippen LogP contribution is 2.29.